The number of hydrogen-bond donors (Lipinski definition) is 2. The summed E-state index contributed by atoms with van der Waals surface area (Å²) in [5, 5.41) is 13.2. The normalized spacial score (nSPS) is 19.5. The third kappa shape index (κ3) is 5.55. The zero-order chi connectivity index (χ0) is 27.2. The molecule has 1 amide bonds. The predicted octanol–water partition coefficient (Wildman–Crippen LogP) is 3.73. The summed E-state index contributed by atoms with van der Waals surface area (Å²) in [5.41, 5.74) is -0.443. The number of sulfonamides is 1. The van der Waals surface area contributed by atoms with Crippen molar-refractivity contribution >= 4 is 33.2 Å². The van der Waals surface area contributed by atoms with Crippen molar-refractivity contribution in [2.45, 2.75) is 41.1 Å². The fraction of sp³-hybridized carbons (Fsp3) is 0.348. The molecule has 1 aliphatic carbocycles. The minimum Gasteiger partial charge on any atom is -0.480 e. The molecule has 0 aliphatic heterocycles. The van der Waals surface area contributed by atoms with Gasteiger partial charge in [0.05, 0.1) is 4.88 Å². The zero-order valence-electron chi connectivity index (χ0n) is 19.6. The van der Waals surface area contributed by atoms with Crippen LogP contribution in [0.25, 0.3) is 10.6 Å². The van der Waals surface area contributed by atoms with Crippen molar-refractivity contribution in [3.05, 3.63) is 59.4 Å². The average molecular weight is 558 g/mol. The summed E-state index contributed by atoms with van der Waals surface area (Å²) in [6, 6.07) is 10.1. The van der Waals surface area contributed by atoms with Gasteiger partial charge in [0.15, 0.2) is 0 Å². The second-order valence-electron chi connectivity index (χ2n) is 8.86. The minimum atomic E-state index is -4.74. The Morgan fingerprint density at radius 1 is 1.22 bits per heavy atom. The first-order valence-electron chi connectivity index (χ1n) is 10.9. The van der Waals surface area contributed by atoms with E-state index in [2.05, 4.69) is 14.4 Å². The van der Waals surface area contributed by atoms with Crippen LogP contribution in [0, 0.1) is 0 Å². The number of rotatable bonds is 9. The van der Waals surface area contributed by atoms with Crippen molar-refractivity contribution in [2.24, 2.45) is 0 Å². The van der Waals surface area contributed by atoms with E-state index in [0.717, 1.165) is 5.56 Å². The summed E-state index contributed by atoms with van der Waals surface area (Å²) in [6.07, 6.45) is -3.88. The Morgan fingerprint density at radius 2 is 1.89 bits per heavy atom. The number of carbonyl (C=O) groups is 2. The van der Waals surface area contributed by atoms with E-state index in [1.54, 1.807) is 38.4 Å². The molecular weight excluding hydrogens is 535 g/mol. The molecule has 37 heavy (non-hydrogen) atoms. The molecule has 1 aromatic carbocycles. The number of halogens is 3. The molecule has 14 heteroatoms. The molecule has 0 bridgehead atoms. The number of alkyl halides is 3. The molecule has 2 heterocycles. The van der Waals surface area contributed by atoms with Crippen LogP contribution in [0.4, 0.5) is 13.2 Å². The van der Waals surface area contributed by atoms with Crippen LogP contribution < -0.4 is 4.72 Å². The SMILES string of the molecule is CN(C)C(=O)CCc1ccc([C@H]2C[C@@]2(NS(=O)(=O)c2ccc(-c3cc(C(F)(F)F)on3)s2)C(=O)O)cc1. The van der Waals surface area contributed by atoms with Crippen molar-refractivity contribution in [3.8, 4) is 10.6 Å². The van der Waals surface area contributed by atoms with Gasteiger partial charge in [-0.2, -0.15) is 17.9 Å². The molecule has 3 aromatic rings. The van der Waals surface area contributed by atoms with Crippen molar-refractivity contribution in [2.75, 3.05) is 14.1 Å². The molecule has 4 rings (SSSR count). The summed E-state index contributed by atoms with van der Waals surface area (Å²) in [4.78, 5) is 25.5. The molecule has 9 nitrogen and oxygen atoms in total. The first-order valence-corrected chi connectivity index (χ1v) is 13.2. The first-order chi connectivity index (χ1) is 17.2. The van der Waals surface area contributed by atoms with Crippen molar-refractivity contribution in [1.29, 1.82) is 0 Å². The standard InChI is InChI=1S/C23H22F3N3O6S2/c1-29(2)19(30)9-5-13-3-6-14(7-4-13)15-12-22(15,21(31)32)28-37(33,34)20-10-8-17(36-20)16-11-18(35-27-16)23(24,25)26/h3-4,6-8,10-11,15,28H,5,9,12H2,1-2H3,(H,31,32)/t15-,22+/m1/s1. The molecule has 198 valence electrons. The maximum absolute atomic E-state index is 13.0. The number of carboxylic acids is 1. The van der Waals surface area contributed by atoms with Crippen molar-refractivity contribution in [1.82, 2.24) is 14.8 Å². The highest BCUT2D eigenvalue weighted by molar-refractivity contribution is 7.91. The largest absolute Gasteiger partial charge is 0.480 e. The lowest BCUT2D eigenvalue weighted by molar-refractivity contribution is -0.155. The highest BCUT2D eigenvalue weighted by Gasteiger charge is 2.63. The summed E-state index contributed by atoms with van der Waals surface area (Å²) in [5.74, 6) is -3.31. The molecule has 0 spiro atoms. The van der Waals surface area contributed by atoms with Gasteiger partial charge in [-0.3, -0.25) is 9.59 Å². The van der Waals surface area contributed by atoms with Crippen LogP contribution in [0.15, 0.2) is 51.2 Å². The van der Waals surface area contributed by atoms with E-state index in [4.69, 9.17) is 0 Å². The number of thiophene rings is 1. The van der Waals surface area contributed by atoms with E-state index in [1.165, 1.54) is 17.0 Å². The minimum absolute atomic E-state index is 0.0216. The molecular formula is C23H22F3N3O6S2. The molecule has 1 saturated carbocycles. The Bertz CT molecular complexity index is 1430. The van der Waals surface area contributed by atoms with Gasteiger partial charge >= 0.3 is 12.1 Å². The number of carbonyl (C=O) groups excluding carboxylic acids is 1. The van der Waals surface area contributed by atoms with Gasteiger partial charge in [0, 0.05) is 32.5 Å². The van der Waals surface area contributed by atoms with Crippen LogP contribution in [0.3, 0.4) is 0 Å². The lowest BCUT2D eigenvalue weighted by Crippen LogP contribution is -2.44. The molecule has 2 N–H and O–H groups in total. The van der Waals surface area contributed by atoms with Gasteiger partial charge in [0.1, 0.15) is 15.4 Å². The van der Waals surface area contributed by atoms with E-state index in [1.807, 2.05) is 0 Å². The second-order valence-corrected chi connectivity index (χ2v) is 11.9. The van der Waals surface area contributed by atoms with Gasteiger partial charge in [0.25, 0.3) is 10.0 Å². The summed E-state index contributed by atoms with van der Waals surface area (Å²) < 4.78 is 70.6. The van der Waals surface area contributed by atoms with Gasteiger partial charge in [-0.15, -0.1) is 11.3 Å². The number of nitrogens with zero attached hydrogens (tertiary/aromatic N) is 2. The molecule has 0 radical (unpaired) electrons. The summed E-state index contributed by atoms with van der Waals surface area (Å²) in [7, 11) is -0.986. The van der Waals surface area contributed by atoms with Crippen LogP contribution in [0.5, 0.6) is 0 Å². The quantitative estimate of drug-likeness (QED) is 0.410. The van der Waals surface area contributed by atoms with Crippen LogP contribution >= 0.6 is 11.3 Å². The third-order valence-electron chi connectivity index (χ3n) is 6.06. The predicted molar refractivity (Wildman–Crippen MR) is 126 cm³/mol. The Hall–Kier alpha value is -3.23. The fourth-order valence-corrected chi connectivity index (χ4v) is 6.53. The molecule has 1 aliphatic rings. The van der Waals surface area contributed by atoms with Gasteiger partial charge in [-0.25, -0.2) is 8.42 Å². The van der Waals surface area contributed by atoms with Gasteiger partial charge < -0.3 is 14.5 Å². The van der Waals surface area contributed by atoms with E-state index in [9.17, 15) is 36.3 Å². The summed E-state index contributed by atoms with van der Waals surface area (Å²) >= 11 is 0.642. The lowest BCUT2D eigenvalue weighted by Gasteiger charge is -2.15. The van der Waals surface area contributed by atoms with Gasteiger partial charge in [-0.05, 0) is 36.1 Å². The van der Waals surface area contributed by atoms with E-state index >= 15 is 0 Å². The van der Waals surface area contributed by atoms with Crippen LogP contribution in [0.2, 0.25) is 0 Å². The molecule has 2 atom stereocenters. The fourth-order valence-electron chi connectivity index (χ4n) is 3.87. The van der Waals surface area contributed by atoms with E-state index in [0.29, 0.717) is 35.8 Å². The van der Waals surface area contributed by atoms with Crippen molar-refractivity contribution in [3.63, 3.8) is 0 Å². The lowest BCUT2D eigenvalue weighted by atomic mass is 10.0. The Balaban J connectivity index is 1.48. The van der Waals surface area contributed by atoms with Gasteiger partial charge in [-0.1, -0.05) is 29.4 Å². The van der Waals surface area contributed by atoms with Crippen molar-refractivity contribution < 1.29 is 40.8 Å². The molecule has 2 aromatic heterocycles. The maximum Gasteiger partial charge on any atom is 0.452 e. The van der Waals surface area contributed by atoms with Crippen LogP contribution in [-0.2, 0) is 32.2 Å². The zero-order valence-corrected chi connectivity index (χ0v) is 21.2. The summed E-state index contributed by atoms with van der Waals surface area (Å²) in [6.45, 7) is 0. The average Bonchev–Trinajstić information content (AvgIpc) is 3.19. The number of aryl methyl sites for hydroxylation is 1. The highest BCUT2D eigenvalue weighted by Crippen LogP contribution is 2.52. The Morgan fingerprint density at radius 3 is 2.46 bits per heavy atom. The number of carboxylic acid groups (broad SMARTS) is 1. The molecule has 0 unspecified atom stereocenters. The van der Waals surface area contributed by atoms with E-state index in [-0.39, 0.29) is 27.1 Å². The number of amides is 1. The van der Waals surface area contributed by atoms with Gasteiger partial charge in [0.2, 0.25) is 11.7 Å². The first kappa shape index (κ1) is 26.8. The van der Waals surface area contributed by atoms with E-state index < -0.39 is 39.4 Å². The third-order valence-corrected chi connectivity index (χ3v) is 9.17. The number of aromatic nitrogens is 1. The second kappa shape index (κ2) is 9.58. The monoisotopic (exact) mass is 557 g/mol. The highest BCUT2D eigenvalue weighted by atomic mass is 32.2. The Kier molecular flexibility index (Phi) is 6.94. The number of nitrogens with one attached hydrogen (secondary N) is 1. The number of aliphatic carboxylic acids is 1. The topological polar surface area (TPSA) is 130 Å². The smallest absolute Gasteiger partial charge is 0.452 e. The maximum atomic E-state index is 13.0. The number of hydrogen-bond acceptors (Lipinski definition) is 7. The Labute approximate surface area is 213 Å². The number of benzene rings is 1. The molecule has 0 saturated heterocycles. The van der Waals surface area contributed by atoms with Crippen LogP contribution in [-0.4, -0.2) is 55.1 Å². The van der Waals surface area contributed by atoms with Crippen LogP contribution in [0.1, 0.15) is 35.6 Å². The molecule has 1 fully saturated rings.